The molecule has 0 unspecified atom stereocenters. The van der Waals surface area contributed by atoms with Crippen LogP contribution in [0.1, 0.15) is 10.4 Å². The summed E-state index contributed by atoms with van der Waals surface area (Å²) in [5.41, 5.74) is 1.10. The second kappa shape index (κ2) is 8.62. The van der Waals surface area contributed by atoms with Crippen molar-refractivity contribution in [1.82, 2.24) is 0 Å². The van der Waals surface area contributed by atoms with E-state index in [-0.39, 0.29) is 17.4 Å². The van der Waals surface area contributed by atoms with E-state index in [2.05, 4.69) is 5.32 Å². The summed E-state index contributed by atoms with van der Waals surface area (Å²) in [6, 6.07) is 20.9. The van der Waals surface area contributed by atoms with Gasteiger partial charge < -0.3 is 14.8 Å². The minimum absolute atomic E-state index is 0.0200. The number of para-hydroxylation sites is 1. The predicted octanol–water partition coefficient (Wildman–Crippen LogP) is 4.06. The van der Waals surface area contributed by atoms with E-state index in [1.165, 1.54) is 18.2 Å². The molecule has 0 spiro atoms. The van der Waals surface area contributed by atoms with Gasteiger partial charge in [0, 0.05) is 11.3 Å². The molecule has 0 saturated heterocycles. The van der Waals surface area contributed by atoms with E-state index < -0.39 is 18.4 Å². The van der Waals surface area contributed by atoms with E-state index >= 15 is 0 Å². The van der Waals surface area contributed by atoms with Crippen LogP contribution in [0.4, 0.5) is 10.1 Å². The first-order valence-corrected chi connectivity index (χ1v) is 8.16. The molecule has 0 fully saturated rings. The average Bonchev–Trinajstić information content (AvgIpc) is 2.69. The number of rotatable bonds is 6. The summed E-state index contributed by atoms with van der Waals surface area (Å²) in [5, 5.41) is 2.75. The summed E-state index contributed by atoms with van der Waals surface area (Å²) < 4.78 is 23.6. The van der Waals surface area contributed by atoms with Crippen molar-refractivity contribution in [2.75, 3.05) is 11.9 Å². The topological polar surface area (TPSA) is 64.6 Å². The molecular weight excluding hydrogens is 349 g/mol. The number of hydrogen-bond acceptors (Lipinski definition) is 4. The van der Waals surface area contributed by atoms with Gasteiger partial charge >= 0.3 is 5.97 Å². The van der Waals surface area contributed by atoms with Crippen LogP contribution in [0.5, 0.6) is 11.5 Å². The number of benzene rings is 3. The van der Waals surface area contributed by atoms with E-state index in [0.29, 0.717) is 11.3 Å². The van der Waals surface area contributed by atoms with Crippen LogP contribution in [0.25, 0.3) is 0 Å². The van der Waals surface area contributed by atoms with Crippen LogP contribution in [0.15, 0.2) is 78.9 Å². The lowest BCUT2D eigenvalue weighted by molar-refractivity contribution is -0.136. The zero-order valence-electron chi connectivity index (χ0n) is 14.2. The quantitative estimate of drug-likeness (QED) is 0.528. The Labute approximate surface area is 155 Å². The third kappa shape index (κ3) is 5.15. The van der Waals surface area contributed by atoms with Crippen LogP contribution in [0, 0.1) is 5.82 Å². The highest BCUT2D eigenvalue weighted by Gasteiger charge is 2.09. The fourth-order valence-electron chi connectivity index (χ4n) is 2.26. The van der Waals surface area contributed by atoms with Gasteiger partial charge in [0.1, 0.15) is 5.75 Å². The van der Waals surface area contributed by atoms with Crippen molar-refractivity contribution in [3.63, 3.8) is 0 Å². The maximum Gasteiger partial charge on any atom is 0.349 e. The number of carbonyl (C=O) groups excluding carboxylic acids is 2. The summed E-state index contributed by atoms with van der Waals surface area (Å²) in [4.78, 5) is 23.9. The van der Waals surface area contributed by atoms with Gasteiger partial charge in [-0.2, -0.15) is 0 Å². The highest BCUT2D eigenvalue weighted by atomic mass is 19.1. The Morgan fingerprint density at radius 2 is 1.52 bits per heavy atom. The Hall–Kier alpha value is -3.67. The van der Waals surface area contributed by atoms with E-state index in [1.54, 1.807) is 54.6 Å². The van der Waals surface area contributed by atoms with Crippen molar-refractivity contribution >= 4 is 17.6 Å². The van der Waals surface area contributed by atoms with Gasteiger partial charge in [0.05, 0.1) is 0 Å². The number of nitrogens with one attached hydrogen (secondary N) is 1. The van der Waals surface area contributed by atoms with Crippen molar-refractivity contribution in [2.45, 2.75) is 0 Å². The molecule has 0 aliphatic heterocycles. The van der Waals surface area contributed by atoms with Gasteiger partial charge in [0.15, 0.2) is 18.2 Å². The summed E-state index contributed by atoms with van der Waals surface area (Å²) >= 11 is 0. The Kier molecular flexibility index (Phi) is 5.79. The molecule has 0 atom stereocenters. The number of halogens is 1. The molecule has 3 aromatic rings. The first kappa shape index (κ1) is 18.1. The van der Waals surface area contributed by atoms with Crippen LogP contribution >= 0.6 is 0 Å². The molecule has 5 nitrogen and oxygen atoms in total. The molecule has 136 valence electrons. The Morgan fingerprint density at radius 3 is 2.22 bits per heavy atom. The van der Waals surface area contributed by atoms with E-state index in [4.69, 9.17) is 9.47 Å². The number of anilines is 1. The molecular formula is C21H16FNO4. The van der Waals surface area contributed by atoms with Crippen molar-refractivity contribution in [2.24, 2.45) is 0 Å². The van der Waals surface area contributed by atoms with Gasteiger partial charge in [0.2, 0.25) is 0 Å². The van der Waals surface area contributed by atoms with Crippen LogP contribution in [0.3, 0.4) is 0 Å². The maximum absolute atomic E-state index is 13.4. The van der Waals surface area contributed by atoms with Gasteiger partial charge in [-0.25, -0.2) is 9.18 Å². The molecule has 27 heavy (non-hydrogen) atoms. The number of hydrogen-bond donors (Lipinski definition) is 1. The van der Waals surface area contributed by atoms with Crippen LogP contribution < -0.4 is 14.8 Å². The zero-order chi connectivity index (χ0) is 19.1. The molecule has 0 aliphatic rings. The predicted molar refractivity (Wildman–Crippen MR) is 98.4 cm³/mol. The minimum atomic E-state index is -0.667. The molecule has 1 amide bonds. The standard InChI is InChI=1S/C21H16FNO4/c22-18-8-4-5-9-19(18)26-14-20(24)27-17-12-10-16(11-13-17)23-21(25)15-6-2-1-3-7-15/h1-13H,14H2,(H,23,25). The van der Waals surface area contributed by atoms with Crippen LogP contribution in [-0.2, 0) is 4.79 Å². The maximum atomic E-state index is 13.4. The van der Waals surface area contributed by atoms with Crippen molar-refractivity contribution < 1.29 is 23.5 Å². The molecule has 0 bridgehead atoms. The fraction of sp³-hybridized carbons (Fsp3) is 0.0476. The third-order valence-electron chi connectivity index (χ3n) is 3.56. The smallest absolute Gasteiger partial charge is 0.349 e. The monoisotopic (exact) mass is 365 g/mol. The summed E-state index contributed by atoms with van der Waals surface area (Å²) in [6.45, 7) is -0.423. The molecule has 0 saturated carbocycles. The van der Waals surface area contributed by atoms with Crippen LogP contribution in [0.2, 0.25) is 0 Å². The molecule has 0 aromatic heterocycles. The average molecular weight is 365 g/mol. The summed E-state index contributed by atoms with van der Waals surface area (Å²) in [7, 11) is 0. The number of esters is 1. The Balaban J connectivity index is 1.52. The fourth-order valence-corrected chi connectivity index (χ4v) is 2.26. The molecule has 3 aromatic carbocycles. The Bertz CT molecular complexity index is 926. The van der Waals surface area contributed by atoms with Gasteiger partial charge in [-0.1, -0.05) is 30.3 Å². The van der Waals surface area contributed by atoms with E-state index in [9.17, 15) is 14.0 Å². The van der Waals surface area contributed by atoms with Gasteiger partial charge in [0.25, 0.3) is 5.91 Å². The molecule has 3 rings (SSSR count). The Morgan fingerprint density at radius 1 is 0.852 bits per heavy atom. The number of amides is 1. The lowest BCUT2D eigenvalue weighted by Crippen LogP contribution is -2.18. The van der Waals surface area contributed by atoms with Gasteiger partial charge in [-0.05, 0) is 48.5 Å². The SMILES string of the molecule is O=C(COc1ccccc1F)Oc1ccc(NC(=O)c2ccccc2)cc1. The van der Waals surface area contributed by atoms with Crippen LogP contribution in [-0.4, -0.2) is 18.5 Å². The minimum Gasteiger partial charge on any atom is -0.479 e. The second-order valence-electron chi connectivity index (χ2n) is 5.54. The molecule has 0 radical (unpaired) electrons. The van der Waals surface area contributed by atoms with Crippen molar-refractivity contribution in [3.8, 4) is 11.5 Å². The van der Waals surface area contributed by atoms with Crippen molar-refractivity contribution in [3.05, 3.63) is 90.2 Å². The third-order valence-corrected chi connectivity index (χ3v) is 3.56. The normalized spacial score (nSPS) is 10.1. The number of ether oxygens (including phenoxy) is 2. The molecule has 0 aliphatic carbocycles. The summed E-state index contributed by atoms with van der Waals surface area (Å²) in [5.74, 6) is -1.19. The molecule has 0 heterocycles. The lowest BCUT2D eigenvalue weighted by Gasteiger charge is -2.09. The van der Waals surface area contributed by atoms with E-state index in [0.717, 1.165) is 0 Å². The summed E-state index contributed by atoms with van der Waals surface area (Å²) in [6.07, 6.45) is 0. The largest absolute Gasteiger partial charge is 0.479 e. The van der Waals surface area contributed by atoms with E-state index in [1.807, 2.05) is 6.07 Å². The second-order valence-corrected chi connectivity index (χ2v) is 5.54. The van der Waals surface area contributed by atoms with Gasteiger partial charge in [-0.3, -0.25) is 4.79 Å². The van der Waals surface area contributed by atoms with Gasteiger partial charge in [-0.15, -0.1) is 0 Å². The highest BCUT2D eigenvalue weighted by Crippen LogP contribution is 2.18. The highest BCUT2D eigenvalue weighted by molar-refractivity contribution is 6.04. The molecule has 1 N–H and O–H groups in total. The number of carbonyl (C=O) groups is 2. The first-order chi connectivity index (χ1) is 13.1. The lowest BCUT2D eigenvalue weighted by atomic mass is 10.2. The zero-order valence-corrected chi connectivity index (χ0v) is 14.2. The van der Waals surface area contributed by atoms with Crippen molar-refractivity contribution in [1.29, 1.82) is 0 Å². The first-order valence-electron chi connectivity index (χ1n) is 8.16. The molecule has 6 heteroatoms.